The Morgan fingerprint density at radius 3 is 2.66 bits per heavy atom. The van der Waals surface area contributed by atoms with E-state index in [-0.39, 0.29) is 17.5 Å². The van der Waals surface area contributed by atoms with Gasteiger partial charge < -0.3 is 4.90 Å². The van der Waals surface area contributed by atoms with E-state index >= 15 is 0 Å². The van der Waals surface area contributed by atoms with Gasteiger partial charge in [0.15, 0.2) is 15.5 Å². The van der Waals surface area contributed by atoms with Crippen LogP contribution in [0.15, 0.2) is 36.7 Å². The summed E-state index contributed by atoms with van der Waals surface area (Å²) in [6.45, 7) is 5.48. The van der Waals surface area contributed by atoms with Crippen molar-refractivity contribution in [1.29, 1.82) is 0 Å². The first-order chi connectivity index (χ1) is 14.0. The van der Waals surface area contributed by atoms with Crippen molar-refractivity contribution >= 4 is 26.8 Å². The maximum absolute atomic E-state index is 11.8. The molecule has 0 N–H and O–H groups in total. The minimum atomic E-state index is -3.06. The second kappa shape index (κ2) is 7.00. The monoisotopic (exact) mass is 410 g/mol. The van der Waals surface area contributed by atoms with Crippen LogP contribution in [0, 0.1) is 0 Å². The van der Waals surface area contributed by atoms with Crippen molar-refractivity contribution in [3.63, 3.8) is 0 Å². The standard InChI is InChI=1S/C20H22N6O2S/c1-14(17-5-4-15-3-2-6-21-19(15)23-17)25-7-9-26(10-8-25)20-22-11-16-12-29(27,28)13-18(16)24-20/h2-6,11,14H,7-10,12-13H2,1H3. The predicted molar refractivity (Wildman–Crippen MR) is 110 cm³/mol. The van der Waals surface area contributed by atoms with Crippen molar-refractivity contribution in [1.82, 2.24) is 24.8 Å². The molecule has 0 amide bonds. The fourth-order valence-corrected chi connectivity index (χ4v) is 5.51. The summed E-state index contributed by atoms with van der Waals surface area (Å²) >= 11 is 0. The highest BCUT2D eigenvalue weighted by Gasteiger charge is 2.29. The molecule has 2 aliphatic heterocycles. The summed E-state index contributed by atoms with van der Waals surface area (Å²) in [7, 11) is -3.06. The number of aromatic nitrogens is 4. The third-order valence-electron chi connectivity index (χ3n) is 5.73. The van der Waals surface area contributed by atoms with Gasteiger partial charge in [-0.3, -0.25) is 4.90 Å². The first-order valence-electron chi connectivity index (χ1n) is 9.74. The van der Waals surface area contributed by atoms with E-state index in [2.05, 4.69) is 43.8 Å². The predicted octanol–water partition coefficient (Wildman–Crippen LogP) is 1.73. The number of pyridine rings is 2. The molecule has 1 atom stereocenters. The molecule has 150 valence electrons. The van der Waals surface area contributed by atoms with E-state index in [0.717, 1.165) is 48.5 Å². The molecule has 3 aromatic rings. The normalized spacial score (nSPS) is 20.0. The van der Waals surface area contributed by atoms with E-state index in [4.69, 9.17) is 4.98 Å². The van der Waals surface area contributed by atoms with Gasteiger partial charge in [-0.25, -0.2) is 28.4 Å². The van der Waals surface area contributed by atoms with Crippen molar-refractivity contribution in [2.45, 2.75) is 24.5 Å². The fourth-order valence-electron chi connectivity index (χ4n) is 4.02. The zero-order chi connectivity index (χ0) is 20.0. The summed E-state index contributed by atoms with van der Waals surface area (Å²) in [4.78, 5) is 22.6. The lowest BCUT2D eigenvalue weighted by atomic mass is 10.1. The first-order valence-corrected chi connectivity index (χ1v) is 11.6. The minimum Gasteiger partial charge on any atom is -0.338 e. The molecule has 0 saturated carbocycles. The third kappa shape index (κ3) is 3.56. The van der Waals surface area contributed by atoms with Crippen molar-refractivity contribution in [3.8, 4) is 0 Å². The molecule has 9 heteroatoms. The smallest absolute Gasteiger partial charge is 0.225 e. The van der Waals surface area contributed by atoms with Crippen LogP contribution in [0.3, 0.4) is 0 Å². The molecule has 1 saturated heterocycles. The second-order valence-electron chi connectivity index (χ2n) is 7.66. The summed E-state index contributed by atoms with van der Waals surface area (Å²) in [5.74, 6) is 0.707. The number of piperazine rings is 1. The maximum atomic E-state index is 11.8. The van der Waals surface area contributed by atoms with Crippen LogP contribution in [-0.4, -0.2) is 59.4 Å². The fraction of sp³-hybridized carbons (Fsp3) is 0.400. The Bertz CT molecular complexity index is 1170. The Kier molecular flexibility index (Phi) is 4.44. The molecule has 5 heterocycles. The van der Waals surface area contributed by atoms with Crippen LogP contribution < -0.4 is 4.90 Å². The van der Waals surface area contributed by atoms with E-state index < -0.39 is 9.84 Å². The van der Waals surface area contributed by atoms with Gasteiger partial charge in [-0.1, -0.05) is 0 Å². The highest BCUT2D eigenvalue weighted by atomic mass is 32.2. The molecule has 3 aromatic heterocycles. The molecular weight excluding hydrogens is 388 g/mol. The topological polar surface area (TPSA) is 92.2 Å². The number of nitrogens with zero attached hydrogens (tertiary/aromatic N) is 6. The Hall–Kier alpha value is -2.65. The number of anilines is 1. The van der Waals surface area contributed by atoms with Gasteiger partial charge in [-0.15, -0.1) is 0 Å². The zero-order valence-corrected chi connectivity index (χ0v) is 17.0. The lowest BCUT2D eigenvalue weighted by Crippen LogP contribution is -2.47. The van der Waals surface area contributed by atoms with E-state index in [1.807, 2.05) is 12.1 Å². The Labute approximate surface area is 169 Å². The van der Waals surface area contributed by atoms with Crippen LogP contribution in [-0.2, 0) is 21.3 Å². The van der Waals surface area contributed by atoms with Gasteiger partial charge in [-0.05, 0) is 31.2 Å². The van der Waals surface area contributed by atoms with Crippen molar-refractivity contribution in [2.24, 2.45) is 0 Å². The average Bonchev–Trinajstić information content (AvgIpc) is 3.06. The van der Waals surface area contributed by atoms with Gasteiger partial charge in [0.1, 0.15) is 0 Å². The summed E-state index contributed by atoms with van der Waals surface area (Å²) < 4.78 is 23.6. The molecule has 0 aromatic carbocycles. The zero-order valence-electron chi connectivity index (χ0n) is 16.2. The van der Waals surface area contributed by atoms with Crippen molar-refractivity contribution in [2.75, 3.05) is 31.1 Å². The van der Waals surface area contributed by atoms with Crippen LogP contribution in [0.25, 0.3) is 11.0 Å². The summed E-state index contributed by atoms with van der Waals surface area (Å²) in [5, 5.41) is 1.05. The third-order valence-corrected chi connectivity index (χ3v) is 7.20. The number of hydrogen-bond donors (Lipinski definition) is 0. The molecule has 0 spiro atoms. The molecule has 0 bridgehead atoms. The van der Waals surface area contributed by atoms with Crippen molar-refractivity contribution in [3.05, 3.63) is 53.6 Å². The Balaban J connectivity index is 1.28. The first kappa shape index (κ1) is 18.4. The number of fused-ring (bicyclic) bond motifs is 2. The van der Waals surface area contributed by atoms with E-state index in [0.29, 0.717) is 11.6 Å². The SMILES string of the molecule is CC(c1ccc2cccnc2n1)N1CCN(c2ncc3c(n2)CS(=O)(=O)C3)CC1. The van der Waals surface area contributed by atoms with Crippen LogP contribution in [0.2, 0.25) is 0 Å². The van der Waals surface area contributed by atoms with Crippen LogP contribution in [0.1, 0.15) is 29.9 Å². The molecule has 1 fully saturated rings. The van der Waals surface area contributed by atoms with Crippen LogP contribution >= 0.6 is 0 Å². The van der Waals surface area contributed by atoms with Gasteiger partial charge in [0.05, 0.1) is 22.9 Å². The van der Waals surface area contributed by atoms with Gasteiger partial charge in [0.2, 0.25) is 5.95 Å². The number of hydrogen-bond acceptors (Lipinski definition) is 8. The Morgan fingerprint density at radius 1 is 1.00 bits per heavy atom. The summed E-state index contributed by atoms with van der Waals surface area (Å²) in [5.41, 5.74) is 3.18. The molecular formula is C20H22N6O2S. The molecule has 29 heavy (non-hydrogen) atoms. The van der Waals surface area contributed by atoms with E-state index in [1.165, 1.54) is 0 Å². The van der Waals surface area contributed by atoms with Gasteiger partial charge >= 0.3 is 0 Å². The molecule has 5 rings (SSSR count). The van der Waals surface area contributed by atoms with E-state index in [9.17, 15) is 8.42 Å². The number of sulfone groups is 1. The highest BCUT2D eigenvalue weighted by Crippen LogP contribution is 2.26. The summed E-state index contributed by atoms with van der Waals surface area (Å²) in [6.07, 6.45) is 3.44. The molecule has 2 aliphatic rings. The van der Waals surface area contributed by atoms with Gasteiger partial charge in [0, 0.05) is 55.6 Å². The van der Waals surface area contributed by atoms with Gasteiger partial charge in [-0.2, -0.15) is 0 Å². The molecule has 0 aliphatic carbocycles. The largest absolute Gasteiger partial charge is 0.338 e. The van der Waals surface area contributed by atoms with Crippen LogP contribution in [0.5, 0.6) is 0 Å². The quantitative estimate of drug-likeness (QED) is 0.645. The Morgan fingerprint density at radius 2 is 1.83 bits per heavy atom. The van der Waals surface area contributed by atoms with Crippen LogP contribution in [0.4, 0.5) is 5.95 Å². The number of rotatable bonds is 3. The minimum absolute atomic E-state index is 0.0243. The average molecular weight is 411 g/mol. The lowest BCUT2D eigenvalue weighted by Gasteiger charge is -2.37. The molecule has 1 unspecified atom stereocenters. The van der Waals surface area contributed by atoms with E-state index in [1.54, 1.807) is 12.4 Å². The summed E-state index contributed by atoms with van der Waals surface area (Å²) in [6, 6.07) is 8.27. The molecule has 8 nitrogen and oxygen atoms in total. The van der Waals surface area contributed by atoms with Gasteiger partial charge in [0.25, 0.3) is 0 Å². The second-order valence-corrected chi connectivity index (χ2v) is 9.72. The van der Waals surface area contributed by atoms with Crippen molar-refractivity contribution < 1.29 is 8.42 Å². The molecule has 0 radical (unpaired) electrons. The maximum Gasteiger partial charge on any atom is 0.225 e. The lowest BCUT2D eigenvalue weighted by molar-refractivity contribution is 0.194. The highest BCUT2D eigenvalue weighted by molar-refractivity contribution is 7.90.